The predicted octanol–water partition coefficient (Wildman–Crippen LogP) is 3.38. The third kappa shape index (κ3) is 4.11. The molecule has 0 amide bonds. The van der Waals surface area contributed by atoms with Crippen molar-refractivity contribution in [1.29, 1.82) is 0 Å². The van der Waals surface area contributed by atoms with Gasteiger partial charge in [-0.1, -0.05) is 42.0 Å². The first-order chi connectivity index (χ1) is 13.8. The maximum absolute atomic E-state index is 12.8. The van der Waals surface area contributed by atoms with E-state index in [4.69, 9.17) is 9.15 Å². The van der Waals surface area contributed by atoms with E-state index in [0.717, 1.165) is 16.7 Å². The van der Waals surface area contributed by atoms with E-state index in [1.165, 1.54) is 10.4 Å². The summed E-state index contributed by atoms with van der Waals surface area (Å²) in [6.07, 6.45) is -0.294. The zero-order valence-corrected chi connectivity index (χ0v) is 17.0. The van der Waals surface area contributed by atoms with Crippen LogP contribution in [0.2, 0.25) is 0 Å². The number of sulfonamides is 1. The van der Waals surface area contributed by atoms with Crippen LogP contribution in [0.3, 0.4) is 0 Å². The van der Waals surface area contributed by atoms with Crippen molar-refractivity contribution in [3.63, 3.8) is 0 Å². The van der Waals surface area contributed by atoms with Gasteiger partial charge in [-0.2, -0.15) is 4.31 Å². The lowest BCUT2D eigenvalue weighted by atomic mass is 10.0. The van der Waals surface area contributed by atoms with E-state index in [-0.39, 0.29) is 24.1 Å². The highest BCUT2D eigenvalue weighted by Gasteiger charge is 2.38. The molecule has 1 saturated heterocycles. The Bertz CT molecular complexity index is 1190. The molecular formula is C22H21NO5S. The Labute approximate surface area is 169 Å². The van der Waals surface area contributed by atoms with Crippen molar-refractivity contribution >= 4 is 10.0 Å². The lowest BCUT2D eigenvalue weighted by Gasteiger charge is -2.37. The van der Waals surface area contributed by atoms with Crippen molar-refractivity contribution in [1.82, 2.24) is 4.31 Å². The molecule has 1 aromatic heterocycles. The van der Waals surface area contributed by atoms with E-state index in [1.807, 2.05) is 37.3 Å². The van der Waals surface area contributed by atoms with Gasteiger partial charge in [0.25, 0.3) is 0 Å². The molecule has 0 bridgehead atoms. The van der Waals surface area contributed by atoms with Crippen LogP contribution in [-0.2, 0) is 10.0 Å². The molecule has 0 atom stereocenters. The molecule has 0 saturated carbocycles. The summed E-state index contributed by atoms with van der Waals surface area (Å²) in [6, 6.07) is 17.8. The van der Waals surface area contributed by atoms with Crippen LogP contribution in [0.15, 0.2) is 74.8 Å². The van der Waals surface area contributed by atoms with E-state index < -0.39 is 15.6 Å². The number of rotatable bonds is 5. The quantitative estimate of drug-likeness (QED) is 0.643. The minimum absolute atomic E-state index is 0.237. The Hall–Kier alpha value is -2.90. The molecule has 0 radical (unpaired) electrons. The van der Waals surface area contributed by atoms with Crippen molar-refractivity contribution in [2.45, 2.75) is 24.8 Å². The Morgan fingerprint density at radius 1 is 0.966 bits per heavy atom. The molecule has 0 aliphatic carbocycles. The average Bonchev–Trinajstić information content (AvgIpc) is 2.63. The van der Waals surface area contributed by atoms with Gasteiger partial charge >= 0.3 is 5.63 Å². The molecule has 3 aromatic rings. The first-order valence-electron chi connectivity index (χ1n) is 9.27. The molecule has 4 rings (SSSR count). The lowest BCUT2D eigenvalue weighted by Crippen LogP contribution is -2.55. The number of aryl methyl sites for hydroxylation is 2. The minimum Gasteiger partial charge on any atom is -0.487 e. The molecular weight excluding hydrogens is 390 g/mol. The highest BCUT2D eigenvalue weighted by molar-refractivity contribution is 7.89. The van der Waals surface area contributed by atoms with Crippen LogP contribution in [0, 0.1) is 13.8 Å². The van der Waals surface area contributed by atoms with Crippen molar-refractivity contribution in [2.75, 3.05) is 13.1 Å². The average molecular weight is 411 g/mol. The molecule has 29 heavy (non-hydrogen) atoms. The fraction of sp³-hybridized carbons (Fsp3) is 0.227. The molecule has 2 aromatic carbocycles. The van der Waals surface area contributed by atoms with Gasteiger partial charge in [-0.3, -0.25) is 0 Å². The zero-order valence-electron chi connectivity index (χ0n) is 16.2. The van der Waals surface area contributed by atoms with Gasteiger partial charge in [0, 0.05) is 6.07 Å². The van der Waals surface area contributed by atoms with Gasteiger partial charge in [-0.05, 0) is 37.1 Å². The van der Waals surface area contributed by atoms with Gasteiger partial charge in [0.15, 0.2) is 0 Å². The van der Waals surface area contributed by atoms with Crippen molar-refractivity contribution in [3.05, 3.63) is 82.4 Å². The smallest absolute Gasteiger partial charge is 0.339 e. The monoisotopic (exact) mass is 411 g/mol. The number of hydrogen-bond donors (Lipinski definition) is 0. The summed E-state index contributed by atoms with van der Waals surface area (Å²) in [4.78, 5) is 11.7. The second-order valence-electron chi connectivity index (χ2n) is 7.18. The molecule has 0 unspecified atom stereocenters. The molecule has 1 fully saturated rings. The van der Waals surface area contributed by atoms with Crippen LogP contribution < -0.4 is 10.4 Å². The SMILES string of the molecule is Cc1cccc(-c2ccc(S(=O)(=O)N3CC(Oc4cc(C)oc(=O)c4)C3)cc2)c1. The topological polar surface area (TPSA) is 76.8 Å². The first-order valence-corrected chi connectivity index (χ1v) is 10.7. The van der Waals surface area contributed by atoms with E-state index in [1.54, 1.807) is 25.1 Å². The summed E-state index contributed by atoms with van der Waals surface area (Å²) in [6.45, 7) is 4.16. The van der Waals surface area contributed by atoms with Gasteiger partial charge in [0.2, 0.25) is 10.0 Å². The molecule has 1 aliphatic heterocycles. The number of benzene rings is 2. The minimum atomic E-state index is -3.58. The van der Waals surface area contributed by atoms with Gasteiger partial charge in [-0.25, -0.2) is 13.2 Å². The fourth-order valence-corrected chi connectivity index (χ4v) is 4.80. The van der Waals surface area contributed by atoms with Crippen LogP contribution >= 0.6 is 0 Å². The third-order valence-electron chi connectivity index (χ3n) is 4.83. The van der Waals surface area contributed by atoms with E-state index in [9.17, 15) is 13.2 Å². The maximum Gasteiger partial charge on any atom is 0.339 e. The Balaban J connectivity index is 1.43. The summed E-state index contributed by atoms with van der Waals surface area (Å²) in [5.74, 6) is 0.841. The normalized spacial score (nSPS) is 15.1. The molecule has 0 N–H and O–H groups in total. The summed E-state index contributed by atoms with van der Waals surface area (Å²) in [7, 11) is -3.58. The van der Waals surface area contributed by atoms with Crippen LogP contribution in [-0.4, -0.2) is 31.9 Å². The van der Waals surface area contributed by atoms with Crippen molar-refractivity contribution < 1.29 is 17.6 Å². The molecule has 150 valence electrons. The summed E-state index contributed by atoms with van der Waals surface area (Å²) >= 11 is 0. The second kappa shape index (κ2) is 7.50. The first kappa shape index (κ1) is 19.4. The number of hydrogen-bond acceptors (Lipinski definition) is 5. The molecule has 0 spiro atoms. The molecule has 2 heterocycles. The van der Waals surface area contributed by atoms with Crippen LogP contribution in [0.25, 0.3) is 11.1 Å². The van der Waals surface area contributed by atoms with Crippen LogP contribution in [0.5, 0.6) is 5.75 Å². The summed E-state index contributed by atoms with van der Waals surface area (Å²) in [5, 5.41) is 0. The third-order valence-corrected chi connectivity index (χ3v) is 6.67. The standard InChI is InChI=1S/C22H21NO5S/c1-15-4-3-5-18(10-15)17-6-8-21(9-7-17)29(25,26)23-13-20(14-23)28-19-11-16(2)27-22(24)12-19/h3-12,20H,13-14H2,1-2H3. The second-order valence-corrected chi connectivity index (χ2v) is 9.12. The Kier molecular flexibility index (Phi) is 5.02. The molecule has 1 aliphatic rings. The highest BCUT2D eigenvalue weighted by Crippen LogP contribution is 2.27. The van der Waals surface area contributed by atoms with E-state index in [0.29, 0.717) is 11.5 Å². The van der Waals surface area contributed by atoms with Gasteiger partial charge in [0.05, 0.1) is 24.1 Å². The van der Waals surface area contributed by atoms with Crippen molar-refractivity contribution in [2.24, 2.45) is 0 Å². The van der Waals surface area contributed by atoms with Gasteiger partial charge in [0.1, 0.15) is 17.6 Å². The van der Waals surface area contributed by atoms with Crippen LogP contribution in [0.1, 0.15) is 11.3 Å². The largest absolute Gasteiger partial charge is 0.487 e. The van der Waals surface area contributed by atoms with Gasteiger partial charge < -0.3 is 9.15 Å². The molecule has 7 heteroatoms. The van der Waals surface area contributed by atoms with Crippen LogP contribution in [0.4, 0.5) is 0 Å². The lowest BCUT2D eigenvalue weighted by molar-refractivity contribution is 0.0754. The maximum atomic E-state index is 12.8. The fourth-order valence-electron chi connectivity index (χ4n) is 3.30. The molecule has 6 nitrogen and oxygen atoms in total. The van der Waals surface area contributed by atoms with Gasteiger partial charge in [-0.15, -0.1) is 0 Å². The highest BCUT2D eigenvalue weighted by atomic mass is 32.2. The van der Waals surface area contributed by atoms with E-state index >= 15 is 0 Å². The number of ether oxygens (including phenoxy) is 1. The van der Waals surface area contributed by atoms with Crippen molar-refractivity contribution in [3.8, 4) is 16.9 Å². The zero-order chi connectivity index (χ0) is 20.6. The predicted molar refractivity (Wildman–Crippen MR) is 110 cm³/mol. The van der Waals surface area contributed by atoms with E-state index in [2.05, 4.69) is 6.07 Å². The summed E-state index contributed by atoms with van der Waals surface area (Å²) < 4.78 is 37.6. The Morgan fingerprint density at radius 2 is 1.69 bits per heavy atom. The number of nitrogens with zero attached hydrogens (tertiary/aromatic N) is 1. The summed E-state index contributed by atoms with van der Waals surface area (Å²) in [5.41, 5.74) is 2.68. The Morgan fingerprint density at radius 3 is 2.34 bits per heavy atom.